The maximum absolute atomic E-state index is 11.7. The summed E-state index contributed by atoms with van der Waals surface area (Å²) in [5.41, 5.74) is 1.25. The number of aliphatic hydroxyl groups excluding tert-OH is 1. The van der Waals surface area contributed by atoms with Crippen LogP contribution in [0.4, 0.5) is 0 Å². The van der Waals surface area contributed by atoms with Crippen molar-refractivity contribution in [2.75, 3.05) is 0 Å². The van der Waals surface area contributed by atoms with Crippen LogP contribution in [-0.2, 0) is 11.2 Å². The largest absolute Gasteiger partial charge is 0.391 e. The van der Waals surface area contributed by atoms with Crippen LogP contribution < -0.4 is 5.32 Å². The van der Waals surface area contributed by atoms with Crippen LogP contribution in [0.15, 0.2) is 30.3 Å². The molecule has 1 aliphatic heterocycles. The zero-order valence-electron chi connectivity index (χ0n) is 11.5. The number of aryl methyl sites for hydroxylation is 1. The van der Waals surface area contributed by atoms with E-state index in [9.17, 15) is 9.90 Å². The molecule has 1 fully saturated rings. The van der Waals surface area contributed by atoms with E-state index in [1.165, 1.54) is 5.56 Å². The van der Waals surface area contributed by atoms with E-state index in [0.29, 0.717) is 6.42 Å². The van der Waals surface area contributed by atoms with Gasteiger partial charge in [0.1, 0.15) is 0 Å². The molecule has 0 aromatic heterocycles. The van der Waals surface area contributed by atoms with E-state index in [0.717, 1.165) is 25.7 Å². The van der Waals surface area contributed by atoms with Crippen molar-refractivity contribution in [1.82, 2.24) is 5.32 Å². The highest BCUT2D eigenvalue weighted by Gasteiger charge is 2.27. The van der Waals surface area contributed by atoms with Crippen molar-refractivity contribution in [2.45, 2.75) is 51.2 Å². The highest BCUT2D eigenvalue weighted by Crippen LogP contribution is 2.20. The first-order valence-electron chi connectivity index (χ1n) is 7.18. The van der Waals surface area contributed by atoms with Crippen LogP contribution in [0.2, 0.25) is 0 Å². The number of rotatable bonds is 3. The Morgan fingerprint density at radius 1 is 1.32 bits per heavy atom. The van der Waals surface area contributed by atoms with Gasteiger partial charge in [-0.2, -0.15) is 0 Å². The molecule has 3 nitrogen and oxygen atoms in total. The smallest absolute Gasteiger partial charge is 0.220 e. The van der Waals surface area contributed by atoms with Gasteiger partial charge in [-0.3, -0.25) is 4.79 Å². The molecule has 2 rings (SSSR count). The van der Waals surface area contributed by atoms with Gasteiger partial charge < -0.3 is 10.4 Å². The normalized spacial score (nSPS) is 28.3. The van der Waals surface area contributed by atoms with Gasteiger partial charge in [-0.25, -0.2) is 0 Å². The molecular weight excluding hydrogens is 238 g/mol. The lowest BCUT2D eigenvalue weighted by Crippen LogP contribution is -2.47. The second kappa shape index (κ2) is 6.71. The Morgan fingerprint density at radius 3 is 2.79 bits per heavy atom. The van der Waals surface area contributed by atoms with Gasteiger partial charge in [-0.05, 0) is 37.2 Å². The Morgan fingerprint density at radius 2 is 2.05 bits per heavy atom. The molecule has 2 N–H and O–H groups in total. The molecule has 1 aromatic carbocycles. The Bertz CT molecular complexity index is 404. The van der Waals surface area contributed by atoms with Crippen molar-refractivity contribution in [3.05, 3.63) is 35.9 Å². The van der Waals surface area contributed by atoms with Gasteiger partial charge in [0.15, 0.2) is 0 Å². The lowest BCUT2D eigenvalue weighted by molar-refractivity contribution is -0.124. The molecule has 0 radical (unpaired) electrons. The van der Waals surface area contributed by atoms with Crippen molar-refractivity contribution in [3.8, 4) is 0 Å². The van der Waals surface area contributed by atoms with Crippen LogP contribution in [-0.4, -0.2) is 23.2 Å². The zero-order valence-corrected chi connectivity index (χ0v) is 11.5. The third kappa shape index (κ3) is 4.06. The standard InChI is InChI=1S/C16H23NO2/c1-12-6-5-9-15(18)17-14(16(12)19)11-10-13-7-3-2-4-8-13/h2-4,7-8,12,14,16,19H,5-6,9-11H2,1H3,(H,17,18)/t12-,14+,16-/m0/s1. The van der Waals surface area contributed by atoms with Crippen molar-refractivity contribution < 1.29 is 9.90 Å². The molecule has 1 saturated heterocycles. The van der Waals surface area contributed by atoms with Gasteiger partial charge in [0.2, 0.25) is 5.91 Å². The fourth-order valence-electron chi connectivity index (χ4n) is 2.73. The molecule has 3 heteroatoms. The van der Waals surface area contributed by atoms with Crippen LogP contribution >= 0.6 is 0 Å². The number of nitrogens with one attached hydrogen (secondary N) is 1. The SMILES string of the molecule is C[C@H]1CCCC(=O)N[C@H](CCc2ccccc2)[C@H]1O. The molecule has 1 amide bonds. The van der Waals surface area contributed by atoms with Crippen molar-refractivity contribution in [1.29, 1.82) is 0 Å². The summed E-state index contributed by atoms with van der Waals surface area (Å²) in [5, 5.41) is 13.3. The first-order chi connectivity index (χ1) is 9.16. The zero-order chi connectivity index (χ0) is 13.7. The summed E-state index contributed by atoms with van der Waals surface area (Å²) in [7, 11) is 0. The Balaban J connectivity index is 1.96. The number of carbonyl (C=O) groups excluding carboxylic acids is 1. The van der Waals surface area contributed by atoms with E-state index >= 15 is 0 Å². The molecule has 1 aromatic rings. The van der Waals surface area contributed by atoms with Crippen LogP contribution in [0, 0.1) is 5.92 Å². The Labute approximate surface area is 115 Å². The molecule has 0 saturated carbocycles. The van der Waals surface area contributed by atoms with E-state index in [1.807, 2.05) is 18.2 Å². The van der Waals surface area contributed by atoms with Crippen molar-refractivity contribution in [3.63, 3.8) is 0 Å². The first-order valence-corrected chi connectivity index (χ1v) is 7.18. The van der Waals surface area contributed by atoms with Gasteiger partial charge in [0, 0.05) is 6.42 Å². The summed E-state index contributed by atoms with van der Waals surface area (Å²) in [6.07, 6.45) is 3.62. The van der Waals surface area contributed by atoms with Gasteiger partial charge in [0.05, 0.1) is 12.1 Å². The molecule has 1 heterocycles. The fourth-order valence-corrected chi connectivity index (χ4v) is 2.73. The molecular formula is C16H23NO2. The van der Waals surface area contributed by atoms with E-state index in [1.54, 1.807) is 0 Å². The van der Waals surface area contributed by atoms with Crippen LogP contribution in [0.3, 0.4) is 0 Å². The summed E-state index contributed by atoms with van der Waals surface area (Å²) < 4.78 is 0. The fraction of sp³-hybridized carbons (Fsp3) is 0.562. The van der Waals surface area contributed by atoms with E-state index < -0.39 is 6.10 Å². The molecule has 3 atom stereocenters. The predicted molar refractivity (Wildman–Crippen MR) is 75.7 cm³/mol. The number of hydrogen-bond acceptors (Lipinski definition) is 2. The molecule has 1 aliphatic rings. The molecule has 104 valence electrons. The third-order valence-corrected chi connectivity index (χ3v) is 3.99. The minimum Gasteiger partial charge on any atom is -0.391 e. The summed E-state index contributed by atoms with van der Waals surface area (Å²) in [5.74, 6) is 0.324. The lowest BCUT2D eigenvalue weighted by Gasteiger charge is -2.31. The first kappa shape index (κ1) is 14.1. The monoisotopic (exact) mass is 261 g/mol. The Hall–Kier alpha value is -1.35. The average Bonchev–Trinajstić information content (AvgIpc) is 2.42. The minimum absolute atomic E-state index is 0.0732. The van der Waals surface area contributed by atoms with Gasteiger partial charge in [-0.15, -0.1) is 0 Å². The van der Waals surface area contributed by atoms with E-state index in [-0.39, 0.29) is 17.9 Å². The molecule has 0 spiro atoms. The second-order valence-electron chi connectivity index (χ2n) is 5.56. The van der Waals surface area contributed by atoms with Crippen LogP contribution in [0.5, 0.6) is 0 Å². The number of hydrogen-bond donors (Lipinski definition) is 2. The maximum atomic E-state index is 11.7. The van der Waals surface area contributed by atoms with Crippen molar-refractivity contribution in [2.24, 2.45) is 5.92 Å². The maximum Gasteiger partial charge on any atom is 0.220 e. The summed E-state index contributed by atoms with van der Waals surface area (Å²) in [6, 6.07) is 10.1. The quantitative estimate of drug-likeness (QED) is 0.877. The highest BCUT2D eigenvalue weighted by atomic mass is 16.3. The number of benzene rings is 1. The predicted octanol–water partition coefficient (Wildman–Crippen LogP) is 2.28. The average molecular weight is 261 g/mol. The highest BCUT2D eigenvalue weighted by molar-refractivity contribution is 5.76. The number of carbonyl (C=O) groups is 1. The summed E-state index contributed by atoms with van der Waals surface area (Å²) in [6.45, 7) is 2.07. The van der Waals surface area contributed by atoms with Gasteiger partial charge in [-0.1, -0.05) is 37.3 Å². The van der Waals surface area contributed by atoms with E-state index in [2.05, 4.69) is 24.4 Å². The van der Waals surface area contributed by atoms with Gasteiger partial charge in [0.25, 0.3) is 0 Å². The summed E-state index contributed by atoms with van der Waals surface area (Å²) >= 11 is 0. The molecule has 0 aliphatic carbocycles. The lowest BCUT2D eigenvalue weighted by atomic mass is 9.88. The molecule has 0 unspecified atom stereocenters. The molecule has 0 bridgehead atoms. The van der Waals surface area contributed by atoms with Crippen LogP contribution in [0.1, 0.15) is 38.2 Å². The van der Waals surface area contributed by atoms with Crippen LogP contribution in [0.25, 0.3) is 0 Å². The van der Waals surface area contributed by atoms with Gasteiger partial charge >= 0.3 is 0 Å². The van der Waals surface area contributed by atoms with Crippen molar-refractivity contribution >= 4 is 5.91 Å². The van der Waals surface area contributed by atoms with E-state index in [4.69, 9.17) is 0 Å². The topological polar surface area (TPSA) is 49.3 Å². The Kier molecular flexibility index (Phi) is 4.97. The molecule has 19 heavy (non-hydrogen) atoms. The summed E-state index contributed by atoms with van der Waals surface area (Å²) in [4.78, 5) is 11.7. The minimum atomic E-state index is -0.437. The third-order valence-electron chi connectivity index (χ3n) is 3.99. The number of amides is 1. The number of aliphatic hydroxyl groups is 1. The second-order valence-corrected chi connectivity index (χ2v) is 5.56.